The predicted molar refractivity (Wildman–Crippen MR) is 73.1 cm³/mol. The van der Waals surface area contributed by atoms with Crippen LogP contribution in [0.5, 0.6) is 0 Å². The van der Waals surface area contributed by atoms with Gasteiger partial charge in [-0.25, -0.2) is 21.6 Å². The lowest BCUT2D eigenvalue weighted by Gasteiger charge is -2.10. The van der Waals surface area contributed by atoms with Gasteiger partial charge in [-0.1, -0.05) is 0 Å². The summed E-state index contributed by atoms with van der Waals surface area (Å²) in [5, 5.41) is 0. The molecule has 0 aliphatic rings. The Balaban J connectivity index is 3.51. The van der Waals surface area contributed by atoms with Gasteiger partial charge in [0.15, 0.2) is 9.84 Å². The Morgan fingerprint density at radius 2 is 1.60 bits per heavy atom. The summed E-state index contributed by atoms with van der Waals surface area (Å²) < 4.78 is 50.6. The molecular weight excluding hydrogens is 328 g/mol. The lowest BCUT2D eigenvalue weighted by atomic mass is 10.2. The van der Waals surface area contributed by atoms with Crippen LogP contribution in [0.4, 0.5) is 0 Å². The summed E-state index contributed by atoms with van der Waals surface area (Å²) in [4.78, 5) is 11.0. The molecule has 0 bridgehead atoms. The molecule has 1 aromatic carbocycles. The standard InChI is InChI=1S/C11H13ClO6S2/c1-7(2)18-11(13)8-4-9(19(3,14)15)6-10(5-8)20(12,16)17/h4-7H,1-3H3. The number of carbonyl (C=O) groups excluding carboxylic acids is 1. The molecule has 6 nitrogen and oxygen atoms in total. The van der Waals surface area contributed by atoms with Crippen LogP contribution < -0.4 is 0 Å². The first-order valence-corrected chi connectivity index (χ1v) is 9.62. The van der Waals surface area contributed by atoms with E-state index in [0.717, 1.165) is 24.5 Å². The Morgan fingerprint density at radius 1 is 1.10 bits per heavy atom. The molecule has 0 aromatic heterocycles. The van der Waals surface area contributed by atoms with Gasteiger partial charge in [0.05, 0.1) is 21.5 Å². The summed E-state index contributed by atoms with van der Waals surface area (Å²) in [5.74, 6) is -0.827. The summed E-state index contributed by atoms with van der Waals surface area (Å²) in [5.41, 5.74) is -0.194. The minimum Gasteiger partial charge on any atom is -0.459 e. The molecule has 0 unspecified atom stereocenters. The Kier molecular flexibility index (Phi) is 4.83. The third kappa shape index (κ3) is 4.46. The number of benzene rings is 1. The van der Waals surface area contributed by atoms with Gasteiger partial charge in [-0.05, 0) is 32.0 Å². The van der Waals surface area contributed by atoms with E-state index in [2.05, 4.69) is 0 Å². The van der Waals surface area contributed by atoms with Crippen molar-refractivity contribution in [3.8, 4) is 0 Å². The lowest BCUT2D eigenvalue weighted by molar-refractivity contribution is 0.0377. The van der Waals surface area contributed by atoms with Gasteiger partial charge in [0.25, 0.3) is 9.05 Å². The summed E-state index contributed by atoms with van der Waals surface area (Å²) in [7, 11) is -2.68. The molecule has 0 atom stereocenters. The van der Waals surface area contributed by atoms with Crippen molar-refractivity contribution in [2.45, 2.75) is 29.7 Å². The topological polar surface area (TPSA) is 94.6 Å². The zero-order valence-corrected chi connectivity index (χ0v) is 13.3. The van der Waals surface area contributed by atoms with Crippen molar-refractivity contribution in [1.29, 1.82) is 0 Å². The molecule has 0 saturated carbocycles. The molecule has 20 heavy (non-hydrogen) atoms. The Morgan fingerprint density at radius 3 is 2.00 bits per heavy atom. The monoisotopic (exact) mass is 340 g/mol. The van der Waals surface area contributed by atoms with E-state index in [0.29, 0.717) is 0 Å². The maximum Gasteiger partial charge on any atom is 0.338 e. The number of rotatable bonds is 4. The molecule has 112 valence electrons. The number of carbonyl (C=O) groups is 1. The van der Waals surface area contributed by atoms with Crippen molar-refractivity contribution in [2.24, 2.45) is 0 Å². The van der Waals surface area contributed by atoms with Crippen LogP contribution in [-0.4, -0.2) is 35.2 Å². The van der Waals surface area contributed by atoms with Gasteiger partial charge >= 0.3 is 5.97 Å². The quantitative estimate of drug-likeness (QED) is 0.610. The predicted octanol–water partition coefficient (Wildman–Crippen LogP) is 1.58. The van der Waals surface area contributed by atoms with E-state index >= 15 is 0 Å². The highest BCUT2D eigenvalue weighted by Crippen LogP contribution is 2.22. The molecule has 0 aliphatic carbocycles. The average Bonchev–Trinajstić information content (AvgIpc) is 2.25. The maximum absolute atomic E-state index is 11.8. The molecule has 1 rings (SSSR count). The van der Waals surface area contributed by atoms with Crippen LogP contribution >= 0.6 is 10.7 Å². The second kappa shape index (κ2) is 5.71. The molecule has 0 heterocycles. The fourth-order valence-electron chi connectivity index (χ4n) is 1.33. The molecular formula is C11H13ClO6S2. The van der Waals surface area contributed by atoms with E-state index in [1.165, 1.54) is 0 Å². The second-order valence-electron chi connectivity index (χ2n) is 4.36. The normalized spacial score (nSPS) is 12.4. The van der Waals surface area contributed by atoms with Crippen molar-refractivity contribution < 1.29 is 26.4 Å². The van der Waals surface area contributed by atoms with Gasteiger partial charge < -0.3 is 4.74 Å². The highest BCUT2D eigenvalue weighted by atomic mass is 35.7. The smallest absolute Gasteiger partial charge is 0.338 e. The fraction of sp³-hybridized carbons (Fsp3) is 0.364. The van der Waals surface area contributed by atoms with E-state index < -0.39 is 35.9 Å². The van der Waals surface area contributed by atoms with Crippen LogP contribution in [0.2, 0.25) is 0 Å². The molecule has 9 heteroatoms. The fourth-order valence-corrected chi connectivity index (χ4v) is 2.89. The van der Waals surface area contributed by atoms with Crippen LogP contribution in [0.3, 0.4) is 0 Å². The average molecular weight is 341 g/mol. The number of sulfone groups is 1. The molecule has 0 amide bonds. The summed E-state index contributed by atoms with van der Waals surface area (Å²) >= 11 is 0. The minimum atomic E-state index is -4.17. The summed E-state index contributed by atoms with van der Waals surface area (Å²) in [6.45, 7) is 3.22. The molecule has 0 aliphatic heterocycles. The van der Waals surface area contributed by atoms with Gasteiger partial charge in [0.2, 0.25) is 0 Å². The van der Waals surface area contributed by atoms with E-state index in [9.17, 15) is 21.6 Å². The SMILES string of the molecule is CC(C)OC(=O)c1cc(S(C)(=O)=O)cc(S(=O)(=O)Cl)c1. The Bertz CT molecular complexity index is 684. The maximum atomic E-state index is 11.8. The molecule has 0 spiro atoms. The van der Waals surface area contributed by atoms with Crippen LogP contribution in [0.1, 0.15) is 24.2 Å². The first-order valence-electron chi connectivity index (χ1n) is 5.42. The highest BCUT2D eigenvalue weighted by Gasteiger charge is 2.20. The summed E-state index contributed by atoms with van der Waals surface area (Å²) in [6.07, 6.45) is 0.463. The number of ether oxygens (including phenoxy) is 1. The van der Waals surface area contributed by atoms with E-state index in [1.807, 2.05) is 0 Å². The van der Waals surface area contributed by atoms with Crippen molar-refractivity contribution in [3.05, 3.63) is 23.8 Å². The Labute approximate surface area is 122 Å². The van der Waals surface area contributed by atoms with E-state index in [1.54, 1.807) is 13.8 Å². The molecule has 0 fully saturated rings. The van der Waals surface area contributed by atoms with Gasteiger partial charge in [-0.2, -0.15) is 0 Å². The number of hydrogen-bond donors (Lipinski definition) is 0. The van der Waals surface area contributed by atoms with Crippen molar-refractivity contribution in [3.63, 3.8) is 0 Å². The van der Waals surface area contributed by atoms with Crippen LogP contribution in [-0.2, 0) is 23.6 Å². The molecule has 1 aromatic rings. The second-order valence-corrected chi connectivity index (χ2v) is 8.94. The van der Waals surface area contributed by atoms with Crippen molar-refractivity contribution >= 4 is 35.5 Å². The van der Waals surface area contributed by atoms with Crippen LogP contribution in [0.15, 0.2) is 28.0 Å². The van der Waals surface area contributed by atoms with Gasteiger partial charge in [0, 0.05) is 16.9 Å². The third-order valence-corrected chi connectivity index (χ3v) is 4.59. The molecule has 0 saturated heterocycles. The summed E-state index contributed by atoms with van der Waals surface area (Å²) in [6, 6.07) is 2.91. The van der Waals surface area contributed by atoms with Gasteiger partial charge in [-0.3, -0.25) is 0 Å². The van der Waals surface area contributed by atoms with Crippen molar-refractivity contribution in [1.82, 2.24) is 0 Å². The lowest BCUT2D eigenvalue weighted by Crippen LogP contribution is -2.13. The van der Waals surface area contributed by atoms with E-state index in [-0.39, 0.29) is 10.5 Å². The first kappa shape index (κ1) is 16.9. The minimum absolute atomic E-state index is 0.194. The first-order chi connectivity index (χ1) is 8.91. The van der Waals surface area contributed by atoms with E-state index in [4.69, 9.17) is 15.4 Å². The van der Waals surface area contributed by atoms with Gasteiger partial charge in [-0.15, -0.1) is 0 Å². The number of hydrogen-bond acceptors (Lipinski definition) is 6. The zero-order chi connectivity index (χ0) is 15.7. The van der Waals surface area contributed by atoms with Crippen molar-refractivity contribution in [2.75, 3.05) is 6.26 Å². The van der Waals surface area contributed by atoms with Crippen LogP contribution in [0, 0.1) is 0 Å². The van der Waals surface area contributed by atoms with Crippen LogP contribution in [0.25, 0.3) is 0 Å². The molecule has 0 radical (unpaired) electrons. The van der Waals surface area contributed by atoms with Gasteiger partial charge in [0.1, 0.15) is 0 Å². The number of esters is 1. The number of halogens is 1. The third-order valence-electron chi connectivity index (χ3n) is 2.17. The largest absolute Gasteiger partial charge is 0.459 e. The highest BCUT2D eigenvalue weighted by molar-refractivity contribution is 8.13. The molecule has 0 N–H and O–H groups in total. The zero-order valence-electron chi connectivity index (χ0n) is 11.0. The Hall–Kier alpha value is -1.12.